The molecular formula is C8H17NO2. The lowest BCUT2D eigenvalue weighted by molar-refractivity contribution is 0.0494. The van der Waals surface area contributed by atoms with Crippen molar-refractivity contribution in [3.05, 3.63) is 0 Å². The van der Waals surface area contributed by atoms with Crippen LogP contribution in [-0.4, -0.2) is 39.5 Å². The third-order valence-corrected chi connectivity index (χ3v) is 1.66. The molecule has 0 amide bonds. The van der Waals surface area contributed by atoms with Crippen molar-refractivity contribution in [1.29, 1.82) is 0 Å². The summed E-state index contributed by atoms with van der Waals surface area (Å²) in [6.45, 7) is 5.35. The van der Waals surface area contributed by atoms with Gasteiger partial charge >= 0.3 is 0 Å². The second kappa shape index (κ2) is 6.58. The van der Waals surface area contributed by atoms with E-state index in [1.54, 1.807) is 0 Å². The van der Waals surface area contributed by atoms with Crippen molar-refractivity contribution in [2.45, 2.75) is 12.8 Å². The Kier molecular flexibility index (Phi) is 5.37. The molecule has 0 aromatic rings. The molecule has 1 rings (SSSR count). The van der Waals surface area contributed by atoms with Gasteiger partial charge in [-0.2, -0.15) is 0 Å². The molecule has 3 nitrogen and oxygen atoms in total. The van der Waals surface area contributed by atoms with Crippen molar-refractivity contribution in [1.82, 2.24) is 5.32 Å². The Hall–Kier alpha value is -0.120. The van der Waals surface area contributed by atoms with Crippen molar-refractivity contribution < 1.29 is 9.47 Å². The van der Waals surface area contributed by atoms with E-state index in [-0.39, 0.29) is 0 Å². The molecule has 0 atom stereocenters. The number of hydrogen-bond donors (Lipinski definition) is 1. The molecule has 66 valence electrons. The van der Waals surface area contributed by atoms with Crippen molar-refractivity contribution >= 4 is 0 Å². The van der Waals surface area contributed by atoms with Crippen LogP contribution in [0.5, 0.6) is 0 Å². The van der Waals surface area contributed by atoms with Gasteiger partial charge in [0.2, 0.25) is 0 Å². The zero-order valence-corrected chi connectivity index (χ0v) is 6.97. The first-order valence-electron chi connectivity index (χ1n) is 4.36. The lowest BCUT2D eigenvalue weighted by Crippen LogP contribution is -2.18. The van der Waals surface area contributed by atoms with Gasteiger partial charge < -0.3 is 14.8 Å². The van der Waals surface area contributed by atoms with Crippen molar-refractivity contribution in [2.75, 3.05) is 39.5 Å². The first kappa shape index (κ1) is 8.97. The number of nitrogens with one attached hydrogen (secondary N) is 1. The first-order chi connectivity index (χ1) is 5.50. The molecule has 3 heteroatoms. The minimum atomic E-state index is 0.750. The average Bonchev–Trinajstić information content (AvgIpc) is 2.08. The van der Waals surface area contributed by atoms with Crippen molar-refractivity contribution in [3.8, 4) is 0 Å². The van der Waals surface area contributed by atoms with Crippen LogP contribution in [-0.2, 0) is 9.47 Å². The molecule has 1 saturated heterocycles. The Morgan fingerprint density at radius 2 is 1.27 bits per heavy atom. The van der Waals surface area contributed by atoms with E-state index in [1.165, 1.54) is 0 Å². The monoisotopic (exact) mass is 159 g/mol. The molecular weight excluding hydrogens is 142 g/mol. The minimum absolute atomic E-state index is 0.750. The van der Waals surface area contributed by atoms with Gasteiger partial charge in [-0.15, -0.1) is 0 Å². The summed E-state index contributed by atoms with van der Waals surface area (Å²) in [5.41, 5.74) is 0. The summed E-state index contributed by atoms with van der Waals surface area (Å²) in [5, 5.41) is 3.32. The van der Waals surface area contributed by atoms with Crippen molar-refractivity contribution in [2.24, 2.45) is 0 Å². The van der Waals surface area contributed by atoms with Gasteiger partial charge in [-0.3, -0.25) is 0 Å². The Morgan fingerprint density at radius 3 is 1.82 bits per heavy atom. The standard InChI is InChI=1S/C8H17NO2/c1-3-9-4-2-6-11-8-7-10-5-1/h9H,1-8H2. The zero-order valence-electron chi connectivity index (χ0n) is 6.97. The summed E-state index contributed by atoms with van der Waals surface area (Å²) in [5.74, 6) is 0. The summed E-state index contributed by atoms with van der Waals surface area (Å²) in [6, 6.07) is 0. The fourth-order valence-electron chi connectivity index (χ4n) is 1.05. The van der Waals surface area contributed by atoms with Crippen LogP contribution < -0.4 is 5.32 Å². The van der Waals surface area contributed by atoms with Crippen LogP contribution in [0.2, 0.25) is 0 Å². The normalized spacial score (nSPS) is 24.0. The average molecular weight is 159 g/mol. The molecule has 0 spiro atoms. The molecule has 1 aliphatic rings. The van der Waals surface area contributed by atoms with E-state index < -0.39 is 0 Å². The summed E-state index contributed by atoms with van der Waals surface area (Å²) in [4.78, 5) is 0. The van der Waals surface area contributed by atoms with E-state index in [0.29, 0.717) is 0 Å². The van der Waals surface area contributed by atoms with E-state index in [0.717, 1.165) is 52.4 Å². The molecule has 0 unspecified atom stereocenters. The zero-order chi connectivity index (χ0) is 7.78. The number of hydrogen-bond acceptors (Lipinski definition) is 3. The molecule has 1 fully saturated rings. The summed E-state index contributed by atoms with van der Waals surface area (Å²) >= 11 is 0. The fraction of sp³-hybridized carbons (Fsp3) is 1.00. The highest BCUT2D eigenvalue weighted by molar-refractivity contribution is 4.49. The largest absolute Gasteiger partial charge is 0.379 e. The van der Waals surface area contributed by atoms with Crippen LogP contribution in [0.15, 0.2) is 0 Å². The van der Waals surface area contributed by atoms with E-state index in [2.05, 4.69) is 5.32 Å². The van der Waals surface area contributed by atoms with E-state index in [4.69, 9.17) is 9.47 Å². The maximum atomic E-state index is 5.30. The minimum Gasteiger partial charge on any atom is -0.379 e. The molecule has 0 saturated carbocycles. The molecule has 1 aliphatic heterocycles. The van der Waals surface area contributed by atoms with Crippen LogP contribution in [0.1, 0.15) is 12.8 Å². The molecule has 11 heavy (non-hydrogen) atoms. The predicted octanol–water partition coefficient (Wildman–Crippen LogP) is 0.403. The second-order valence-electron chi connectivity index (χ2n) is 2.68. The lowest BCUT2D eigenvalue weighted by Gasteiger charge is -2.01. The van der Waals surface area contributed by atoms with Gasteiger partial charge in [0, 0.05) is 13.2 Å². The predicted molar refractivity (Wildman–Crippen MR) is 43.7 cm³/mol. The van der Waals surface area contributed by atoms with Gasteiger partial charge in [-0.1, -0.05) is 0 Å². The molecule has 1 N–H and O–H groups in total. The third-order valence-electron chi connectivity index (χ3n) is 1.66. The Bertz CT molecular complexity index is 50.1. The Labute approximate surface area is 68.1 Å². The van der Waals surface area contributed by atoms with Gasteiger partial charge in [-0.25, -0.2) is 0 Å². The third kappa shape index (κ3) is 5.18. The van der Waals surface area contributed by atoms with E-state index in [1.807, 2.05) is 0 Å². The molecule has 0 aromatic heterocycles. The van der Waals surface area contributed by atoms with Crippen LogP contribution in [0.25, 0.3) is 0 Å². The molecule has 0 radical (unpaired) electrons. The quantitative estimate of drug-likeness (QED) is 0.555. The maximum Gasteiger partial charge on any atom is 0.0700 e. The highest BCUT2D eigenvalue weighted by Gasteiger charge is 1.94. The SMILES string of the molecule is C1CNCCCOCCOC1. The van der Waals surface area contributed by atoms with Crippen LogP contribution >= 0.6 is 0 Å². The molecule has 0 aromatic carbocycles. The lowest BCUT2D eigenvalue weighted by atomic mass is 10.4. The van der Waals surface area contributed by atoms with Crippen LogP contribution in [0, 0.1) is 0 Å². The Balaban J connectivity index is 2.02. The fourth-order valence-corrected chi connectivity index (χ4v) is 1.05. The van der Waals surface area contributed by atoms with Gasteiger partial charge in [0.1, 0.15) is 0 Å². The number of ether oxygens (including phenoxy) is 2. The Morgan fingerprint density at radius 1 is 0.727 bits per heavy atom. The van der Waals surface area contributed by atoms with Gasteiger partial charge in [0.25, 0.3) is 0 Å². The van der Waals surface area contributed by atoms with Crippen LogP contribution in [0.3, 0.4) is 0 Å². The van der Waals surface area contributed by atoms with Gasteiger partial charge in [0.15, 0.2) is 0 Å². The highest BCUT2D eigenvalue weighted by atomic mass is 16.5. The molecule has 1 heterocycles. The molecule has 0 aliphatic carbocycles. The smallest absolute Gasteiger partial charge is 0.0700 e. The van der Waals surface area contributed by atoms with Crippen molar-refractivity contribution in [3.63, 3.8) is 0 Å². The summed E-state index contributed by atoms with van der Waals surface area (Å²) < 4.78 is 10.6. The number of rotatable bonds is 0. The molecule has 0 bridgehead atoms. The van der Waals surface area contributed by atoms with Gasteiger partial charge in [-0.05, 0) is 25.9 Å². The van der Waals surface area contributed by atoms with E-state index in [9.17, 15) is 0 Å². The highest BCUT2D eigenvalue weighted by Crippen LogP contribution is 1.87. The van der Waals surface area contributed by atoms with Crippen LogP contribution in [0.4, 0.5) is 0 Å². The maximum absolute atomic E-state index is 5.30. The van der Waals surface area contributed by atoms with E-state index >= 15 is 0 Å². The van der Waals surface area contributed by atoms with Gasteiger partial charge in [0.05, 0.1) is 13.2 Å². The topological polar surface area (TPSA) is 30.5 Å². The first-order valence-corrected chi connectivity index (χ1v) is 4.36. The summed E-state index contributed by atoms with van der Waals surface area (Å²) in [7, 11) is 0. The second-order valence-corrected chi connectivity index (χ2v) is 2.68. The summed E-state index contributed by atoms with van der Waals surface area (Å²) in [6.07, 6.45) is 2.22.